The molecule has 20 heavy (non-hydrogen) atoms. The molecule has 0 aliphatic carbocycles. The van der Waals surface area contributed by atoms with Crippen LogP contribution in [0, 0.1) is 0 Å². The Kier molecular flexibility index (Phi) is 6.27. The molecular formula is C13H15ClO6. The molecule has 1 aromatic rings. The Bertz CT molecular complexity index is 500. The average Bonchev–Trinajstić information content (AvgIpc) is 2.45. The van der Waals surface area contributed by atoms with Crippen molar-refractivity contribution in [1.29, 1.82) is 0 Å². The third-order valence-corrected chi connectivity index (χ3v) is 2.71. The first kappa shape index (κ1) is 16.3. The van der Waals surface area contributed by atoms with Gasteiger partial charge in [0.2, 0.25) is 0 Å². The zero-order valence-corrected chi connectivity index (χ0v) is 12.2. The van der Waals surface area contributed by atoms with Crippen LogP contribution in [-0.4, -0.2) is 40.1 Å². The minimum absolute atomic E-state index is 0.0362. The van der Waals surface area contributed by atoms with Gasteiger partial charge < -0.3 is 18.9 Å². The van der Waals surface area contributed by atoms with Crippen LogP contribution in [0.15, 0.2) is 12.1 Å². The minimum atomic E-state index is -0.559. The summed E-state index contributed by atoms with van der Waals surface area (Å²) in [5.74, 6) is -0.770. The monoisotopic (exact) mass is 302 g/mol. The van der Waals surface area contributed by atoms with Gasteiger partial charge in [0.25, 0.3) is 0 Å². The van der Waals surface area contributed by atoms with Crippen LogP contribution in [0.3, 0.4) is 0 Å². The van der Waals surface area contributed by atoms with Crippen LogP contribution in [0.1, 0.15) is 15.9 Å². The average molecular weight is 303 g/mol. The summed E-state index contributed by atoms with van der Waals surface area (Å²) in [4.78, 5) is 22.9. The number of hydrogen-bond donors (Lipinski definition) is 0. The van der Waals surface area contributed by atoms with Crippen LogP contribution in [0.5, 0.6) is 5.75 Å². The summed E-state index contributed by atoms with van der Waals surface area (Å²) in [5.41, 5.74) is 0.642. The smallest absolute Gasteiger partial charge is 0.337 e. The number of halogens is 1. The predicted molar refractivity (Wildman–Crippen MR) is 71.0 cm³/mol. The summed E-state index contributed by atoms with van der Waals surface area (Å²) in [7, 11) is 3.98. The van der Waals surface area contributed by atoms with E-state index in [1.165, 1.54) is 33.5 Å². The fourth-order valence-corrected chi connectivity index (χ4v) is 1.82. The van der Waals surface area contributed by atoms with Gasteiger partial charge in [-0.1, -0.05) is 11.6 Å². The van der Waals surface area contributed by atoms with Crippen LogP contribution in [0.2, 0.25) is 5.02 Å². The molecule has 1 rings (SSSR count). The highest BCUT2D eigenvalue weighted by Gasteiger charge is 2.18. The van der Waals surface area contributed by atoms with Gasteiger partial charge in [0.15, 0.2) is 6.79 Å². The van der Waals surface area contributed by atoms with Crippen molar-refractivity contribution in [2.75, 3.05) is 28.1 Å². The maximum Gasteiger partial charge on any atom is 0.337 e. The van der Waals surface area contributed by atoms with Crippen LogP contribution in [0.25, 0.3) is 0 Å². The van der Waals surface area contributed by atoms with Crippen molar-refractivity contribution in [3.8, 4) is 5.75 Å². The lowest BCUT2D eigenvalue weighted by Gasteiger charge is -2.13. The molecule has 0 unspecified atom stereocenters. The zero-order chi connectivity index (χ0) is 15.1. The Balaban J connectivity index is 3.20. The second kappa shape index (κ2) is 7.72. The molecule has 0 saturated heterocycles. The molecule has 0 bridgehead atoms. The Morgan fingerprint density at radius 1 is 1.15 bits per heavy atom. The van der Waals surface area contributed by atoms with Gasteiger partial charge in [0.05, 0.1) is 31.2 Å². The molecule has 0 fully saturated rings. The van der Waals surface area contributed by atoms with Crippen molar-refractivity contribution in [3.05, 3.63) is 28.3 Å². The molecule has 0 spiro atoms. The fraction of sp³-hybridized carbons (Fsp3) is 0.385. The summed E-state index contributed by atoms with van der Waals surface area (Å²) >= 11 is 6.06. The summed E-state index contributed by atoms with van der Waals surface area (Å²) in [6.45, 7) is -0.0362. The Labute approximate surface area is 121 Å². The van der Waals surface area contributed by atoms with Crippen LogP contribution < -0.4 is 4.74 Å². The van der Waals surface area contributed by atoms with E-state index >= 15 is 0 Å². The Hall–Kier alpha value is -1.79. The standard InChI is InChI=1S/C13H15ClO6/c1-17-7-20-12-8(6-11(15)18-2)4-9(5-10(12)14)13(16)19-3/h4-5H,6-7H2,1-3H3. The largest absolute Gasteiger partial charge is 0.469 e. The predicted octanol–water partition coefficient (Wildman–Crippen LogP) is 1.82. The van der Waals surface area contributed by atoms with Gasteiger partial charge in [-0.2, -0.15) is 0 Å². The van der Waals surface area contributed by atoms with Gasteiger partial charge >= 0.3 is 11.9 Å². The van der Waals surface area contributed by atoms with Gasteiger partial charge in [-0.25, -0.2) is 4.79 Å². The van der Waals surface area contributed by atoms with Gasteiger partial charge in [-0.05, 0) is 12.1 Å². The van der Waals surface area contributed by atoms with E-state index in [9.17, 15) is 9.59 Å². The molecule has 0 saturated carbocycles. The topological polar surface area (TPSA) is 71.1 Å². The van der Waals surface area contributed by atoms with Crippen molar-refractivity contribution >= 4 is 23.5 Å². The summed E-state index contributed by atoms with van der Waals surface area (Å²) in [6, 6.07) is 2.87. The highest BCUT2D eigenvalue weighted by molar-refractivity contribution is 6.32. The first-order valence-corrected chi connectivity index (χ1v) is 6.00. The van der Waals surface area contributed by atoms with E-state index in [0.717, 1.165) is 0 Å². The van der Waals surface area contributed by atoms with Crippen molar-refractivity contribution in [2.24, 2.45) is 0 Å². The molecule has 0 amide bonds. The third kappa shape index (κ3) is 4.11. The zero-order valence-electron chi connectivity index (χ0n) is 11.4. The number of carbonyl (C=O) groups excluding carboxylic acids is 2. The molecule has 0 N–H and O–H groups in total. The van der Waals surface area contributed by atoms with Gasteiger partial charge in [0, 0.05) is 12.7 Å². The maximum absolute atomic E-state index is 11.5. The minimum Gasteiger partial charge on any atom is -0.469 e. The van der Waals surface area contributed by atoms with Crippen molar-refractivity contribution < 1.29 is 28.5 Å². The van der Waals surface area contributed by atoms with E-state index < -0.39 is 11.9 Å². The second-order valence-corrected chi connectivity index (χ2v) is 4.15. The SMILES string of the molecule is COCOc1c(Cl)cc(C(=O)OC)cc1CC(=O)OC. The molecule has 6 nitrogen and oxygen atoms in total. The highest BCUT2D eigenvalue weighted by atomic mass is 35.5. The van der Waals surface area contributed by atoms with E-state index in [-0.39, 0.29) is 29.5 Å². The number of carbonyl (C=O) groups is 2. The molecule has 0 aliphatic heterocycles. The van der Waals surface area contributed by atoms with Crippen molar-refractivity contribution in [3.63, 3.8) is 0 Å². The molecule has 0 aliphatic rings. The van der Waals surface area contributed by atoms with E-state index in [1.807, 2.05) is 0 Å². The lowest BCUT2D eigenvalue weighted by atomic mass is 10.1. The summed E-state index contributed by atoms with van der Waals surface area (Å²) in [5, 5.41) is 0.184. The number of rotatable bonds is 6. The summed E-state index contributed by atoms with van der Waals surface area (Å²) in [6.07, 6.45) is -0.0832. The maximum atomic E-state index is 11.5. The molecule has 0 atom stereocenters. The van der Waals surface area contributed by atoms with E-state index in [4.69, 9.17) is 21.1 Å². The number of benzene rings is 1. The van der Waals surface area contributed by atoms with E-state index in [2.05, 4.69) is 9.47 Å². The number of hydrogen-bond acceptors (Lipinski definition) is 6. The first-order valence-electron chi connectivity index (χ1n) is 5.62. The first-order chi connectivity index (χ1) is 9.53. The van der Waals surface area contributed by atoms with Gasteiger partial charge in [0.1, 0.15) is 5.75 Å². The number of esters is 2. The third-order valence-electron chi connectivity index (χ3n) is 2.43. The molecular weight excluding hydrogens is 288 g/mol. The lowest BCUT2D eigenvalue weighted by Crippen LogP contribution is -2.10. The van der Waals surface area contributed by atoms with Crippen LogP contribution in [0.4, 0.5) is 0 Å². The molecule has 0 radical (unpaired) electrons. The van der Waals surface area contributed by atoms with Gasteiger partial charge in [-0.15, -0.1) is 0 Å². The molecule has 1 aromatic carbocycles. The van der Waals surface area contributed by atoms with Crippen molar-refractivity contribution in [2.45, 2.75) is 6.42 Å². The Morgan fingerprint density at radius 2 is 1.85 bits per heavy atom. The van der Waals surface area contributed by atoms with Crippen molar-refractivity contribution in [1.82, 2.24) is 0 Å². The number of ether oxygens (including phenoxy) is 4. The second-order valence-electron chi connectivity index (χ2n) is 3.74. The van der Waals surface area contributed by atoms with E-state index in [0.29, 0.717) is 5.56 Å². The van der Waals surface area contributed by atoms with Crippen LogP contribution in [-0.2, 0) is 25.4 Å². The summed E-state index contributed by atoms with van der Waals surface area (Å²) < 4.78 is 19.3. The van der Waals surface area contributed by atoms with Gasteiger partial charge in [-0.3, -0.25) is 4.79 Å². The molecule has 0 aromatic heterocycles. The quantitative estimate of drug-likeness (QED) is 0.590. The fourth-order valence-electron chi connectivity index (χ4n) is 1.52. The molecule has 7 heteroatoms. The molecule has 0 heterocycles. The lowest BCUT2D eigenvalue weighted by molar-refractivity contribution is -0.139. The van der Waals surface area contributed by atoms with Crippen LogP contribution >= 0.6 is 11.6 Å². The normalized spacial score (nSPS) is 10.0. The Morgan fingerprint density at radius 3 is 2.40 bits per heavy atom. The van der Waals surface area contributed by atoms with E-state index in [1.54, 1.807) is 0 Å². The highest BCUT2D eigenvalue weighted by Crippen LogP contribution is 2.31. The molecule has 110 valence electrons. The number of methoxy groups -OCH3 is 3.